The van der Waals surface area contributed by atoms with E-state index in [1.165, 1.54) is 0 Å². The number of carbonyl (C=O) groups excluding carboxylic acids is 2. The number of aryl methyl sites for hydroxylation is 2. The highest BCUT2D eigenvalue weighted by atomic mass is 32.1. The summed E-state index contributed by atoms with van der Waals surface area (Å²) in [5.41, 5.74) is 6.97. The van der Waals surface area contributed by atoms with Gasteiger partial charge in [0, 0.05) is 16.0 Å². The molecule has 0 radical (unpaired) electrons. The smallest absolute Gasteiger partial charge is 0.339 e. The Morgan fingerprint density at radius 3 is 2.59 bits per heavy atom. The number of pyridine rings is 1. The van der Waals surface area contributed by atoms with E-state index in [9.17, 15) is 9.59 Å². The molecule has 6 heteroatoms. The first-order chi connectivity index (χ1) is 18.6. The third kappa shape index (κ3) is 5.81. The Hall–Kier alpha value is -3.77. The van der Waals surface area contributed by atoms with E-state index in [1.54, 1.807) is 11.3 Å². The number of hydrogen-bond donors (Lipinski definition) is 1. The number of para-hydroxylation sites is 1. The van der Waals surface area contributed by atoms with E-state index in [4.69, 9.17) is 9.72 Å². The van der Waals surface area contributed by atoms with Gasteiger partial charge < -0.3 is 10.1 Å². The van der Waals surface area contributed by atoms with Crippen LogP contribution in [-0.4, -0.2) is 23.5 Å². The minimum absolute atomic E-state index is 0.0326. The number of thiophene rings is 1. The zero-order valence-electron chi connectivity index (χ0n) is 23.1. The van der Waals surface area contributed by atoms with Crippen LogP contribution in [0.5, 0.6) is 0 Å². The predicted octanol–water partition coefficient (Wildman–Crippen LogP) is 7.86. The van der Waals surface area contributed by atoms with Gasteiger partial charge in [0.2, 0.25) is 0 Å². The first-order valence-electron chi connectivity index (χ1n) is 13.3. The van der Waals surface area contributed by atoms with Crippen molar-refractivity contribution >= 4 is 51.5 Å². The molecule has 2 aromatic carbocycles. The molecule has 1 amide bonds. The van der Waals surface area contributed by atoms with E-state index in [0.717, 1.165) is 56.6 Å². The van der Waals surface area contributed by atoms with Crippen molar-refractivity contribution in [3.05, 3.63) is 92.8 Å². The summed E-state index contributed by atoms with van der Waals surface area (Å²) in [5, 5.41) is 5.68. The topological polar surface area (TPSA) is 68.3 Å². The second-order valence-corrected chi connectivity index (χ2v) is 12.4. The van der Waals surface area contributed by atoms with Crippen LogP contribution in [0.1, 0.15) is 64.8 Å². The third-order valence-electron chi connectivity index (χ3n) is 7.49. The molecule has 2 aromatic heterocycles. The lowest BCUT2D eigenvalue weighted by Gasteiger charge is -2.36. The minimum atomic E-state index is -0.495. The zero-order chi connectivity index (χ0) is 27.7. The molecule has 1 N–H and O–H groups in total. The zero-order valence-corrected chi connectivity index (χ0v) is 23.9. The summed E-state index contributed by atoms with van der Waals surface area (Å²) in [4.78, 5) is 32.7. The maximum Gasteiger partial charge on any atom is 0.339 e. The van der Waals surface area contributed by atoms with Crippen molar-refractivity contribution in [1.29, 1.82) is 0 Å². The minimum Gasteiger partial charge on any atom is -0.452 e. The first-order valence-corrected chi connectivity index (χ1v) is 14.2. The SMILES string of the molecule is Cc1ccc(NC(=O)COC(=O)c2c3c(nc4ccccc24)/C(=C\c2cccs2)CC(C(C)(C)C)C3)c(C)c1. The Balaban J connectivity index is 1.52. The number of esters is 1. The third-order valence-corrected chi connectivity index (χ3v) is 8.31. The summed E-state index contributed by atoms with van der Waals surface area (Å²) in [7, 11) is 0. The number of fused-ring (bicyclic) bond motifs is 2. The van der Waals surface area contributed by atoms with Crippen molar-refractivity contribution in [1.82, 2.24) is 4.98 Å². The number of anilines is 1. The molecule has 5 nitrogen and oxygen atoms in total. The van der Waals surface area contributed by atoms with Crippen LogP contribution in [0.3, 0.4) is 0 Å². The normalized spacial score (nSPS) is 16.2. The van der Waals surface area contributed by atoms with Crippen LogP contribution >= 0.6 is 11.3 Å². The maximum atomic E-state index is 13.7. The number of carbonyl (C=O) groups is 2. The van der Waals surface area contributed by atoms with Gasteiger partial charge in [-0.25, -0.2) is 9.78 Å². The van der Waals surface area contributed by atoms with Crippen LogP contribution in [0.4, 0.5) is 5.69 Å². The number of rotatable bonds is 5. The molecule has 5 rings (SSSR count). The Morgan fingerprint density at radius 1 is 1.08 bits per heavy atom. The quantitative estimate of drug-likeness (QED) is 0.263. The fourth-order valence-electron chi connectivity index (χ4n) is 5.26. The molecule has 0 saturated carbocycles. The second kappa shape index (κ2) is 10.8. The fourth-order valence-corrected chi connectivity index (χ4v) is 5.94. The summed E-state index contributed by atoms with van der Waals surface area (Å²) in [6.07, 6.45) is 3.81. The number of ether oxygens (including phenoxy) is 1. The summed E-state index contributed by atoms with van der Waals surface area (Å²) in [6, 6.07) is 17.6. The van der Waals surface area contributed by atoms with Crippen molar-refractivity contribution in [2.75, 3.05) is 11.9 Å². The standard InChI is InChI=1S/C33H34N2O3S/c1-20-12-13-27(21(2)15-20)34-29(36)19-38-32(37)30-25-10-6-7-11-28(25)35-31-22(17-24-9-8-14-39-24)16-23(18-26(30)31)33(3,4)5/h6-15,17,23H,16,18-19H2,1-5H3,(H,34,36)/b22-17-. The van der Waals surface area contributed by atoms with Gasteiger partial charge in [-0.05, 0) is 84.4 Å². The lowest BCUT2D eigenvalue weighted by molar-refractivity contribution is -0.119. The van der Waals surface area contributed by atoms with Crippen LogP contribution in [-0.2, 0) is 16.0 Å². The molecule has 0 saturated heterocycles. The lowest BCUT2D eigenvalue weighted by atomic mass is 9.69. The van der Waals surface area contributed by atoms with Gasteiger partial charge in [-0.2, -0.15) is 0 Å². The van der Waals surface area contributed by atoms with Crippen LogP contribution in [0.2, 0.25) is 0 Å². The molecule has 1 aliphatic carbocycles. The van der Waals surface area contributed by atoms with E-state index in [-0.39, 0.29) is 17.9 Å². The van der Waals surface area contributed by atoms with Gasteiger partial charge in [0.25, 0.3) is 5.91 Å². The number of amides is 1. The van der Waals surface area contributed by atoms with Crippen molar-refractivity contribution < 1.29 is 14.3 Å². The Morgan fingerprint density at radius 2 is 1.87 bits per heavy atom. The predicted molar refractivity (Wildman–Crippen MR) is 160 cm³/mol. The van der Waals surface area contributed by atoms with Crippen LogP contribution in [0, 0.1) is 25.2 Å². The highest BCUT2D eigenvalue weighted by Crippen LogP contribution is 2.45. The van der Waals surface area contributed by atoms with Crippen LogP contribution in [0.15, 0.2) is 60.0 Å². The van der Waals surface area contributed by atoms with Gasteiger partial charge in [-0.3, -0.25) is 4.79 Å². The summed E-state index contributed by atoms with van der Waals surface area (Å²) in [6.45, 7) is 10.3. The van der Waals surface area contributed by atoms with Gasteiger partial charge in [0.1, 0.15) is 0 Å². The first kappa shape index (κ1) is 26.8. The second-order valence-electron chi connectivity index (χ2n) is 11.4. The van der Waals surface area contributed by atoms with Crippen LogP contribution < -0.4 is 5.32 Å². The van der Waals surface area contributed by atoms with E-state index in [1.807, 2.05) is 62.4 Å². The van der Waals surface area contributed by atoms with Gasteiger partial charge in [0.15, 0.2) is 6.61 Å². The number of benzene rings is 2. The molecular weight excluding hydrogens is 504 g/mol. The number of nitrogens with one attached hydrogen (secondary N) is 1. The van der Waals surface area contributed by atoms with Gasteiger partial charge in [-0.1, -0.05) is 62.7 Å². The van der Waals surface area contributed by atoms with E-state index >= 15 is 0 Å². The molecule has 39 heavy (non-hydrogen) atoms. The van der Waals surface area contributed by atoms with Gasteiger partial charge in [-0.15, -0.1) is 11.3 Å². The highest BCUT2D eigenvalue weighted by molar-refractivity contribution is 7.10. The Labute approximate surface area is 233 Å². The molecule has 0 spiro atoms. The fraction of sp³-hybridized carbons (Fsp3) is 0.303. The summed E-state index contributed by atoms with van der Waals surface area (Å²) >= 11 is 1.69. The maximum absolute atomic E-state index is 13.7. The molecule has 1 atom stereocenters. The largest absolute Gasteiger partial charge is 0.452 e. The van der Waals surface area contributed by atoms with Crippen molar-refractivity contribution in [3.63, 3.8) is 0 Å². The molecule has 1 aliphatic rings. The van der Waals surface area contributed by atoms with Gasteiger partial charge >= 0.3 is 5.97 Å². The van der Waals surface area contributed by atoms with E-state index < -0.39 is 5.97 Å². The summed E-state index contributed by atoms with van der Waals surface area (Å²) < 4.78 is 5.67. The number of aromatic nitrogens is 1. The highest BCUT2D eigenvalue weighted by Gasteiger charge is 2.35. The number of allylic oxidation sites excluding steroid dienone is 1. The summed E-state index contributed by atoms with van der Waals surface area (Å²) in [5.74, 6) is -0.544. The number of hydrogen-bond acceptors (Lipinski definition) is 5. The molecule has 4 aromatic rings. The molecule has 1 unspecified atom stereocenters. The van der Waals surface area contributed by atoms with Gasteiger partial charge in [0.05, 0.1) is 16.8 Å². The monoisotopic (exact) mass is 538 g/mol. The Kier molecular flexibility index (Phi) is 7.41. The molecule has 0 bridgehead atoms. The average molecular weight is 539 g/mol. The molecule has 0 fully saturated rings. The molecule has 0 aliphatic heterocycles. The molecule has 200 valence electrons. The lowest BCUT2D eigenvalue weighted by Crippen LogP contribution is -2.29. The van der Waals surface area contributed by atoms with E-state index in [0.29, 0.717) is 17.2 Å². The van der Waals surface area contributed by atoms with Crippen LogP contribution in [0.25, 0.3) is 22.6 Å². The van der Waals surface area contributed by atoms with Crippen molar-refractivity contribution in [2.45, 2.75) is 47.5 Å². The van der Waals surface area contributed by atoms with E-state index in [2.05, 4.69) is 43.6 Å². The Bertz CT molecular complexity index is 1580. The van der Waals surface area contributed by atoms with Crippen molar-refractivity contribution in [2.24, 2.45) is 11.3 Å². The molecular formula is C33H34N2O3S. The van der Waals surface area contributed by atoms with Crippen molar-refractivity contribution in [3.8, 4) is 0 Å². The molecule has 2 heterocycles. The average Bonchev–Trinajstić information content (AvgIpc) is 3.40. The number of nitrogens with zero attached hydrogens (tertiary/aromatic N) is 1.